The van der Waals surface area contributed by atoms with Gasteiger partial charge in [0.2, 0.25) is 5.91 Å². The Bertz CT molecular complexity index is 462. The molecular weight excluding hydrogens is 250 g/mol. The Kier molecular flexibility index (Phi) is 3.78. The number of anilines is 1. The average molecular weight is 268 g/mol. The Morgan fingerprint density at radius 3 is 2.89 bits per heavy atom. The smallest absolute Gasteiger partial charge is 0.242 e. The summed E-state index contributed by atoms with van der Waals surface area (Å²) < 4.78 is 0. The molecule has 1 aromatic rings. The summed E-state index contributed by atoms with van der Waals surface area (Å²) >= 11 is 6.29. The lowest BCUT2D eigenvalue weighted by Crippen LogP contribution is -2.54. The number of halogens is 1. The van der Waals surface area contributed by atoms with Crippen molar-refractivity contribution in [2.75, 3.05) is 18.0 Å². The predicted octanol–water partition coefficient (Wildman–Crippen LogP) is 1.68. The zero-order valence-corrected chi connectivity index (χ0v) is 11.4. The summed E-state index contributed by atoms with van der Waals surface area (Å²) in [7, 11) is 0. The molecule has 0 aliphatic carbocycles. The van der Waals surface area contributed by atoms with E-state index in [1.165, 1.54) is 0 Å². The van der Waals surface area contributed by atoms with Crippen LogP contribution in [0, 0.1) is 0 Å². The van der Waals surface area contributed by atoms with E-state index in [9.17, 15) is 4.79 Å². The maximum Gasteiger partial charge on any atom is 0.242 e. The lowest BCUT2D eigenvalue weighted by Gasteiger charge is -2.35. The van der Waals surface area contributed by atoms with E-state index in [1.54, 1.807) is 0 Å². The quantitative estimate of drug-likeness (QED) is 0.857. The molecule has 2 atom stereocenters. The highest BCUT2D eigenvalue weighted by Crippen LogP contribution is 2.30. The van der Waals surface area contributed by atoms with E-state index < -0.39 is 0 Å². The number of hydrogen-bond acceptors (Lipinski definition) is 3. The van der Waals surface area contributed by atoms with Crippen molar-refractivity contribution in [1.29, 1.82) is 0 Å². The fraction of sp³-hybridized carbons (Fsp3) is 0.462. The first kappa shape index (κ1) is 13.2. The summed E-state index contributed by atoms with van der Waals surface area (Å²) in [4.78, 5) is 13.7. The average Bonchev–Trinajstić information content (AvgIpc) is 2.33. The summed E-state index contributed by atoms with van der Waals surface area (Å²) in [6.07, 6.45) is 0. The van der Waals surface area contributed by atoms with Crippen molar-refractivity contribution in [3.8, 4) is 0 Å². The van der Waals surface area contributed by atoms with Crippen LogP contribution in [0.1, 0.15) is 25.5 Å². The lowest BCUT2D eigenvalue weighted by molar-refractivity contribution is -0.122. The Labute approximate surface area is 112 Å². The molecule has 98 valence electrons. The minimum Gasteiger partial charge on any atom is -0.357 e. The van der Waals surface area contributed by atoms with Crippen molar-refractivity contribution in [3.05, 3.63) is 28.8 Å². The Morgan fingerprint density at radius 2 is 2.28 bits per heavy atom. The van der Waals surface area contributed by atoms with Gasteiger partial charge < -0.3 is 16.0 Å². The van der Waals surface area contributed by atoms with Gasteiger partial charge in [-0.15, -0.1) is 0 Å². The lowest BCUT2D eigenvalue weighted by atomic mass is 10.1. The molecule has 0 bridgehead atoms. The SMILES string of the molecule is CC(N)c1ccc(N2CCNC(=O)C2C)c(Cl)c1. The maximum atomic E-state index is 11.6. The monoisotopic (exact) mass is 267 g/mol. The molecule has 1 fully saturated rings. The highest BCUT2D eigenvalue weighted by molar-refractivity contribution is 6.33. The highest BCUT2D eigenvalue weighted by Gasteiger charge is 2.26. The summed E-state index contributed by atoms with van der Waals surface area (Å²) in [5, 5.41) is 3.48. The van der Waals surface area contributed by atoms with Gasteiger partial charge in [-0.1, -0.05) is 17.7 Å². The van der Waals surface area contributed by atoms with Gasteiger partial charge in [-0.25, -0.2) is 0 Å². The number of carbonyl (C=O) groups is 1. The van der Waals surface area contributed by atoms with Crippen LogP contribution in [-0.4, -0.2) is 25.0 Å². The fourth-order valence-electron chi connectivity index (χ4n) is 2.15. The van der Waals surface area contributed by atoms with E-state index in [1.807, 2.05) is 36.9 Å². The van der Waals surface area contributed by atoms with Gasteiger partial charge in [-0.2, -0.15) is 0 Å². The van der Waals surface area contributed by atoms with Crippen LogP contribution in [0.25, 0.3) is 0 Å². The topological polar surface area (TPSA) is 58.4 Å². The first-order chi connectivity index (χ1) is 8.50. The highest BCUT2D eigenvalue weighted by atomic mass is 35.5. The Morgan fingerprint density at radius 1 is 1.56 bits per heavy atom. The second kappa shape index (κ2) is 5.16. The molecule has 1 heterocycles. The van der Waals surface area contributed by atoms with Crippen LogP contribution in [0.2, 0.25) is 5.02 Å². The van der Waals surface area contributed by atoms with Crippen molar-refractivity contribution in [1.82, 2.24) is 5.32 Å². The fourth-order valence-corrected chi connectivity index (χ4v) is 2.45. The predicted molar refractivity (Wildman–Crippen MR) is 73.9 cm³/mol. The summed E-state index contributed by atoms with van der Waals surface area (Å²) in [5.41, 5.74) is 7.71. The molecule has 1 amide bonds. The molecule has 2 rings (SSSR count). The Hall–Kier alpha value is -1.26. The minimum absolute atomic E-state index is 0.0357. The number of nitrogens with one attached hydrogen (secondary N) is 1. The number of benzene rings is 1. The summed E-state index contributed by atoms with van der Waals surface area (Å²) in [6, 6.07) is 5.54. The maximum absolute atomic E-state index is 11.6. The van der Waals surface area contributed by atoms with Crippen molar-refractivity contribution in [3.63, 3.8) is 0 Å². The van der Waals surface area contributed by atoms with Crippen LogP contribution in [0.15, 0.2) is 18.2 Å². The van der Waals surface area contributed by atoms with Gasteiger partial charge in [0, 0.05) is 19.1 Å². The van der Waals surface area contributed by atoms with Crippen LogP contribution in [0.3, 0.4) is 0 Å². The van der Waals surface area contributed by atoms with E-state index in [4.69, 9.17) is 17.3 Å². The van der Waals surface area contributed by atoms with Gasteiger partial charge in [0.25, 0.3) is 0 Å². The van der Waals surface area contributed by atoms with Gasteiger partial charge in [0.1, 0.15) is 6.04 Å². The van der Waals surface area contributed by atoms with Crippen LogP contribution >= 0.6 is 11.6 Å². The van der Waals surface area contributed by atoms with Crippen LogP contribution in [-0.2, 0) is 4.79 Å². The summed E-state index contributed by atoms with van der Waals surface area (Å²) in [6.45, 7) is 5.21. The molecule has 1 aliphatic heterocycles. The molecule has 18 heavy (non-hydrogen) atoms. The molecule has 3 N–H and O–H groups in total. The van der Waals surface area contributed by atoms with Crippen molar-refractivity contribution >= 4 is 23.2 Å². The van der Waals surface area contributed by atoms with Gasteiger partial charge in [0.15, 0.2) is 0 Å². The molecule has 0 radical (unpaired) electrons. The van der Waals surface area contributed by atoms with E-state index in [-0.39, 0.29) is 18.0 Å². The van der Waals surface area contributed by atoms with E-state index >= 15 is 0 Å². The van der Waals surface area contributed by atoms with E-state index in [2.05, 4.69) is 5.32 Å². The van der Waals surface area contributed by atoms with Crippen molar-refractivity contribution in [2.45, 2.75) is 25.9 Å². The number of nitrogens with zero attached hydrogens (tertiary/aromatic N) is 1. The third-order valence-corrected chi connectivity index (χ3v) is 3.61. The largest absolute Gasteiger partial charge is 0.357 e. The number of rotatable bonds is 2. The standard InChI is InChI=1S/C13H18ClN3O/c1-8(15)10-3-4-12(11(14)7-10)17-6-5-16-13(18)9(17)2/h3-4,7-9H,5-6,15H2,1-2H3,(H,16,18). The zero-order chi connectivity index (χ0) is 13.3. The Balaban J connectivity index is 2.30. The van der Waals surface area contributed by atoms with Crippen molar-refractivity contribution in [2.24, 2.45) is 5.73 Å². The molecule has 0 aromatic heterocycles. The normalized spacial score (nSPS) is 21.7. The molecule has 5 heteroatoms. The number of piperazine rings is 1. The minimum atomic E-state index is -0.197. The van der Waals surface area contributed by atoms with Crippen molar-refractivity contribution < 1.29 is 4.79 Å². The van der Waals surface area contributed by atoms with Gasteiger partial charge in [0.05, 0.1) is 10.7 Å². The third kappa shape index (κ3) is 2.44. The molecule has 1 aliphatic rings. The van der Waals surface area contributed by atoms with Crippen LogP contribution < -0.4 is 16.0 Å². The second-order valence-corrected chi connectivity index (χ2v) is 5.07. The molecule has 2 unspecified atom stereocenters. The third-order valence-electron chi connectivity index (χ3n) is 3.31. The van der Waals surface area contributed by atoms with Gasteiger partial charge in [-0.3, -0.25) is 4.79 Å². The second-order valence-electron chi connectivity index (χ2n) is 4.66. The molecule has 1 aromatic carbocycles. The van der Waals surface area contributed by atoms with Crippen LogP contribution in [0.4, 0.5) is 5.69 Å². The van der Waals surface area contributed by atoms with E-state index in [0.717, 1.165) is 17.8 Å². The first-order valence-electron chi connectivity index (χ1n) is 6.10. The number of nitrogens with two attached hydrogens (primary N) is 1. The van der Waals surface area contributed by atoms with Gasteiger partial charge >= 0.3 is 0 Å². The molecular formula is C13H18ClN3O. The number of carbonyl (C=O) groups excluding carboxylic acids is 1. The van der Waals surface area contributed by atoms with Gasteiger partial charge in [-0.05, 0) is 31.5 Å². The molecule has 1 saturated heterocycles. The molecule has 0 saturated carbocycles. The molecule has 4 nitrogen and oxygen atoms in total. The molecule has 0 spiro atoms. The zero-order valence-electron chi connectivity index (χ0n) is 10.6. The first-order valence-corrected chi connectivity index (χ1v) is 6.48. The number of hydrogen-bond donors (Lipinski definition) is 2. The van der Waals surface area contributed by atoms with E-state index in [0.29, 0.717) is 11.6 Å². The number of amides is 1. The van der Waals surface area contributed by atoms with Crippen LogP contribution in [0.5, 0.6) is 0 Å². The summed E-state index contributed by atoms with van der Waals surface area (Å²) in [5.74, 6) is 0.0357.